The molecule has 8 heteroatoms. The van der Waals surface area contributed by atoms with E-state index in [0.717, 1.165) is 25.1 Å². The van der Waals surface area contributed by atoms with Gasteiger partial charge in [0, 0.05) is 35.1 Å². The molecule has 2 unspecified atom stereocenters. The number of halogens is 2. The number of aromatic nitrogens is 3. The Kier molecular flexibility index (Phi) is 4.72. The zero-order chi connectivity index (χ0) is 14.7. The van der Waals surface area contributed by atoms with Crippen molar-refractivity contribution in [2.75, 3.05) is 6.54 Å². The van der Waals surface area contributed by atoms with Crippen LogP contribution in [-0.2, 0) is 6.54 Å². The van der Waals surface area contributed by atoms with Crippen molar-refractivity contribution in [2.24, 2.45) is 0 Å². The van der Waals surface area contributed by atoms with Crippen LogP contribution >= 0.6 is 23.2 Å². The van der Waals surface area contributed by atoms with Gasteiger partial charge in [0.1, 0.15) is 12.7 Å². The third kappa shape index (κ3) is 3.72. The zero-order valence-electron chi connectivity index (χ0n) is 11.3. The first-order valence-electron chi connectivity index (χ1n) is 6.73. The lowest BCUT2D eigenvalue weighted by Crippen LogP contribution is -2.34. The molecule has 6 nitrogen and oxygen atoms in total. The minimum absolute atomic E-state index is 0.218. The van der Waals surface area contributed by atoms with Crippen LogP contribution in [0.3, 0.4) is 0 Å². The van der Waals surface area contributed by atoms with Gasteiger partial charge in [-0.1, -0.05) is 29.3 Å². The molecule has 2 atom stereocenters. The van der Waals surface area contributed by atoms with Gasteiger partial charge in [0.05, 0.1) is 0 Å². The van der Waals surface area contributed by atoms with Gasteiger partial charge in [-0.2, -0.15) is 10.6 Å². The van der Waals surface area contributed by atoms with Gasteiger partial charge in [-0.3, -0.25) is 4.68 Å². The van der Waals surface area contributed by atoms with E-state index in [4.69, 9.17) is 23.2 Å². The molecule has 1 aliphatic heterocycles. The Morgan fingerprint density at radius 1 is 1.38 bits per heavy atom. The van der Waals surface area contributed by atoms with E-state index < -0.39 is 0 Å². The molecule has 21 heavy (non-hydrogen) atoms. The van der Waals surface area contributed by atoms with Crippen molar-refractivity contribution in [1.29, 1.82) is 0 Å². The van der Waals surface area contributed by atoms with Crippen LogP contribution in [0, 0.1) is 0 Å². The summed E-state index contributed by atoms with van der Waals surface area (Å²) in [5.74, 6) is 0.218. The Morgan fingerprint density at radius 2 is 2.29 bits per heavy atom. The molecule has 0 radical (unpaired) electrons. The Bertz CT molecular complexity index is 582. The maximum absolute atomic E-state index is 6.37. The predicted molar refractivity (Wildman–Crippen MR) is 81.9 cm³/mol. The Balaban J connectivity index is 1.82. The third-order valence-electron chi connectivity index (χ3n) is 3.56. The molecule has 1 aliphatic rings. The first-order valence-corrected chi connectivity index (χ1v) is 7.48. The maximum Gasteiger partial charge on any atom is 0.137 e. The molecule has 0 aliphatic carbocycles. The molecule has 1 fully saturated rings. The molecule has 3 N–H and O–H groups in total. The highest BCUT2D eigenvalue weighted by atomic mass is 35.5. The number of hydrazine groups is 2. The Labute approximate surface area is 132 Å². The summed E-state index contributed by atoms with van der Waals surface area (Å²) >= 11 is 12.4. The number of hydrogen-bond acceptors (Lipinski definition) is 5. The van der Waals surface area contributed by atoms with Gasteiger partial charge in [0.2, 0.25) is 0 Å². The monoisotopic (exact) mass is 326 g/mol. The summed E-state index contributed by atoms with van der Waals surface area (Å²) in [6.45, 7) is 1.58. The van der Waals surface area contributed by atoms with Crippen molar-refractivity contribution in [1.82, 2.24) is 31.2 Å². The quantitative estimate of drug-likeness (QED) is 0.781. The van der Waals surface area contributed by atoms with Crippen LogP contribution in [-0.4, -0.2) is 27.4 Å². The van der Waals surface area contributed by atoms with Crippen LogP contribution < -0.4 is 16.4 Å². The third-order valence-corrected chi connectivity index (χ3v) is 4.12. The molecule has 0 spiro atoms. The fourth-order valence-electron chi connectivity index (χ4n) is 2.55. The molecule has 0 bridgehead atoms. The highest BCUT2D eigenvalue weighted by molar-refractivity contribution is 6.35. The highest BCUT2D eigenvalue weighted by Gasteiger charge is 2.23. The summed E-state index contributed by atoms with van der Waals surface area (Å²) in [6.07, 6.45) is 4.17. The molecule has 0 amide bonds. The molecular weight excluding hydrogens is 311 g/mol. The lowest BCUT2D eigenvalue weighted by molar-refractivity contribution is 0.426. The summed E-state index contributed by atoms with van der Waals surface area (Å²) in [6, 6.07) is 5.97. The second-order valence-corrected chi connectivity index (χ2v) is 5.91. The molecular formula is C13H16Cl2N6. The smallest absolute Gasteiger partial charge is 0.137 e. The molecule has 3 rings (SSSR count). The second kappa shape index (κ2) is 6.72. The number of hydrogen-bond donors (Lipinski definition) is 3. The van der Waals surface area contributed by atoms with E-state index in [1.54, 1.807) is 12.4 Å². The topological polar surface area (TPSA) is 66.8 Å². The fraction of sp³-hybridized carbons (Fsp3) is 0.385. The van der Waals surface area contributed by atoms with Crippen molar-refractivity contribution >= 4 is 23.2 Å². The molecule has 1 aromatic carbocycles. The number of rotatable bonds is 5. The van der Waals surface area contributed by atoms with E-state index in [1.165, 1.54) is 6.33 Å². The summed E-state index contributed by atoms with van der Waals surface area (Å²) < 4.78 is 1.82. The summed E-state index contributed by atoms with van der Waals surface area (Å²) in [4.78, 5) is 3.99. The highest BCUT2D eigenvalue weighted by Crippen LogP contribution is 2.31. The van der Waals surface area contributed by atoms with Crippen molar-refractivity contribution in [3.05, 3.63) is 46.5 Å². The average molecular weight is 327 g/mol. The summed E-state index contributed by atoms with van der Waals surface area (Å²) in [5.41, 5.74) is 10.3. The largest absolute Gasteiger partial charge is 0.252 e. The van der Waals surface area contributed by atoms with Crippen molar-refractivity contribution < 1.29 is 0 Å². The SMILES string of the molecule is Clc1ccc(C(CC2CNNN2)Cn2cncn2)c(Cl)c1. The molecule has 1 saturated heterocycles. The first-order chi connectivity index (χ1) is 10.2. The van der Waals surface area contributed by atoms with E-state index in [-0.39, 0.29) is 5.92 Å². The van der Waals surface area contributed by atoms with E-state index in [9.17, 15) is 0 Å². The second-order valence-electron chi connectivity index (χ2n) is 5.06. The van der Waals surface area contributed by atoms with Crippen LogP contribution in [0.15, 0.2) is 30.9 Å². The lowest BCUT2D eigenvalue weighted by atomic mass is 9.92. The standard InChI is InChI=1S/C13H16Cl2N6/c14-10-1-2-12(13(15)4-10)9(3-11-5-17-20-19-11)6-21-8-16-7-18-21/h1-2,4,7-9,11,17,19-20H,3,5-6H2. The average Bonchev–Trinajstić information content (AvgIpc) is 3.11. The van der Waals surface area contributed by atoms with E-state index in [0.29, 0.717) is 16.1 Å². The van der Waals surface area contributed by atoms with E-state index in [2.05, 4.69) is 26.5 Å². The minimum Gasteiger partial charge on any atom is -0.252 e. The van der Waals surface area contributed by atoms with Crippen LogP contribution in [0.4, 0.5) is 0 Å². The van der Waals surface area contributed by atoms with Crippen LogP contribution in [0.2, 0.25) is 10.0 Å². The van der Waals surface area contributed by atoms with Gasteiger partial charge in [0.15, 0.2) is 0 Å². The predicted octanol–water partition coefficient (Wildman–Crippen LogP) is 1.74. The van der Waals surface area contributed by atoms with Gasteiger partial charge >= 0.3 is 0 Å². The Hall–Kier alpha value is -1.18. The molecule has 0 saturated carbocycles. The number of nitrogens with one attached hydrogen (secondary N) is 3. The van der Waals surface area contributed by atoms with Gasteiger partial charge in [-0.15, -0.1) is 0 Å². The minimum atomic E-state index is 0.218. The fourth-order valence-corrected chi connectivity index (χ4v) is 3.11. The van der Waals surface area contributed by atoms with Crippen LogP contribution in [0.1, 0.15) is 17.9 Å². The first kappa shape index (κ1) is 14.7. The number of benzene rings is 1. The van der Waals surface area contributed by atoms with Gasteiger partial charge in [0.25, 0.3) is 0 Å². The number of nitrogens with zero attached hydrogens (tertiary/aromatic N) is 3. The van der Waals surface area contributed by atoms with Crippen molar-refractivity contribution in [2.45, 2.75) is 24.9 Å². The normalized spacial score (nSPS) is 19.8. The van der Waals surface area contributed by atoms with Crippen LogP contribution in [0.5, 0.6) is 0 Å². The van der Waals surface area contributed by atoms with Gasteiger partial charge in [-0.25, -0.2) is 15.8 Å². The molecule has 2 heterocycles. The van der Waals surface area contributed by atoms with Crippen molar-refractivity contribution in [3.63, 3.8) is 0 Å². The Morgan fingerprint density at radius 3 is 2.95 bits per heavy atom. The summed E-state index contributed by atoms with van der Waals surface area (Å²) in [7, 11) is 0. The molecule has 1 aromatic heterocycles. The lowest BCUT2D eigenvalue weighted by Gasteiger charge is -2.21. The van der Waals surface area contributed by atoms with Gasteiger partial charge in [-0.05, 0) is 24.1 Å². The van der Waals surface area contributed by atoms with E-state index >= 15 is 0 Å². The zero-order valence-corrected chi connectivity index (χ0v) is 12.8. The van der Waals surface area contributed by atoms with Crippen LogP contribution in [0.25, 0.3) is 0 Å². The van der Waals surface area contributed by atoms with Gasteiger partial charge < -0.3 is 0 Å². The molecule has 112 valence electrons. The van der Waals surface area contributed by atoms with Crippen molar-refractivity contribution in [3.8, 4) is 0 Å². The maximum atomic E-state index is 6.37. The summed E-state index contributed by atoms with van der Waals surface area (Å²) in [5, 5.41) is 5.52. The van der Waals surface area contributed by atoms with E-state index in [1.807, 2.05) is 16.8 Å². The molecule has 2 aromatic rings.